The van der Waals surface area contributed by atoms with Gasteiger partial charge in [0.15, 0.2) is 0 Å². The van der Waals surface area contributed by atoms with Crippen molar-refractivity contribution in [2.75, 3.05) is 0 Å². The van der Waals surface area contributed by atoms with E-state index in [1.807, 2.05) is 0 Å². The van der Waals surface area contributed by atoms with Gasteiger partial charge in [0.05, 0.1) is 4.90 Å². The molecule has 0 aliphatic rings. The molecule has 2 N–H and O–H groups in total. The number of phenolic OH excluding ortho intramolecular Hbond substituents is 1. The summed E-state index contributed by atoms with van der Waals surface area (Å²) >= 11 is 1.43. The van der Waals surface area contributed by atoms with E-state index < -0.39 is 10.1 Å². The van der Waals surface area contributed by atoms with Crippen LogP contribution in [0, 0.1) is 0 Å². The van der Waals surface area contributed by atoms with Gasteiger partial charge in [-0.15, -0.1) is 0 Å². The molecule has 0 saturated carbocycles. The second-order valence-corrected chi connectivity index (χ2v) is 6.11. The van der Waals surface area contributed by atoms with Crippen LogP contribution in [0.4, 0.5) is 0 Å². The van der Waals surface area contributed by atoms with Crippen LogP contribution < -0.4 is 0 Å². The Hall–Kier alpha value is -1.50. The number of aromatic hydroxyl groups is 1. The Kier molecular flexibility index (Phi) is 3.60. The lowest BCUT2D eigenvalue weighted by Gasteiger charge is -2.03. The Bertz CT molecular complexity index is 631. The van der Waals surface area contributed by atoms with Crippen LogP contribution in [0.3, 0.4) is 0 Å². The summed E-state index contributed by atoms with van der Waals surface area (Å²) < 4.78 is 30.6. The van der Waals surface area contributed by atoms with Crippen molar-refractivity contribution < 1.29 is 18.1 Å². The topological polar surface area (TPSA) is 74.6 Å². The lowest BCUT2D eigenvalue weighted by molar-refractivity contribution is 0.474. The standard InChI is InChI=1S/C12H10O4S2/c13-9-1-3-10(4-2-9)17-11-5-7-12(8-6-11)18(14,15)16/h1-8,13H,(H,14,15,16). The molecule has 0 spiro atoms. The molecule has 4 nitrogen and oxygen atoms in total. The number of hydrogen-bond acceptors (Lipinski definition) is 4. The molecule has 18 heavy (non-hydrogen) atoms. The molecule has 0 fully saturated rings. The summed E-state index contributed by atoms with van der Waals surface area (Å²) in [4.78, 5) is 1.64. The fourth-order valence-corrected chi connectivity index (χ4v) is 2.63. The van der Waals surface area contributed by atoms with E-state index in [2.05, 4.69) is 0 Å². The van der Waals surface area contributed by atoms with Crippen LogP contribution in [-0.4, -0.2) is 18.1 Å². The first-order chi connectivity index (χ1) is 8.45. The van der Waals surface area contributed by atoms with Gasteiger partial charge in [0.25, 0.3) is 10.1 Å². The minimum Gasteiger partial charge on any atom is -0.508 e. The van der Waals surface area contributed by atoms with Crippen molar-refractivity contribution in [1.29, 1.82) is 0 Å². The Morgan fingerprint density at radius 1 is 0.833 bits per heavy atom. The van der Waals surface area contributed by atoms with Gasteiger partial charge in [0.1, 0.15) is 5.75 Å². The molecule has 0 bridgehead atoms. The lowest BCUT2D eigenvalue weighted by atomic mass is 10.3. The molecule has 0 atom stereocenters. The highest BCUT2D eigenvalue weighted by Gasteiger charge is 2.08. The SMILES string of the molecule is O=S(=O)(O)c1ccc(Sc2ccc(O)cc2)cc1. The first-order valence-electron chi connectivity index (χ1n) is 4.99. The van der Waals surface area contributed by atoms with E-state index in [9.17, 15) is 8.42 Å². The highest BCUT2D eigenvalue weighted by Crippen LogP contribution is 2.29. The average molecular weight is 282 g/mol. The molecule has 2 rings (SSSR count). The second kappa shape index (κ2) is 5.01. The van der Waals surface area contributed by atoms with Gasteiger partial charge in [-0.1, -0.05) is 11.8 Å². The quantitative estimate of drug-likeness (QED) is 0.847. The Morgan fingerprint density at radius 2 is 1.28 bits per heavy atom. The summed E-state index contributed by atoms with van der Waals surface area (Å²) in [5.41, 5.74) is 0. The molecule has 0 aliphatic heterocycles. The molecule has 0 aromatic heterocycles. The van der Waals surface area contributed by atoms with Gasteiger partial charge in [-0.3, -0.25) is 4.55 Å². The van der Waals surface area contributed by atoms with Gasteiger partial charge in [-0.2, -0.15) is 8.42 Å². The van der Waals surface area contributed by atoms with Crippen LogP contribution in [0.1, 0.15) is 0 Å². The molecule has 0 amide bonds. The molecule has 94 valence electrons. The largest absolute Gasteiger partial charge is 0.508 e. The van der Waals surface area contributed by atoms with Gasteiger partial charge in [-0.05, 0) is 48.5 Å². The molecule has 6 heteroatoms. The number of hydrogen-bond donors (Lipinski definition) is 2. The maximum absolute atomic E-state index is 10.9. The number of benzene rings is 2. The monoisotopic (exact) mass is 282 g/mol. The zero-order valence-electron chi connectivity index (χ0n) is 9.15. The number of rotatable bonds is 3. The molecule has 0 saturated heterocycles. The van der Waals surface area contributed by atoms with E-state index in [4.69, 9.17) is 9.66 Å². The van der Waals surface area contributed by atoms with E-state index >= 15 is 0 Å². The molecule has 0 heterocycles. The Labute approximate surface area is 109 Å². The van der Waals surface area contributed by atoms with Gasteiger partial charge in [-0.25, -0.2) is 0 Å². The zero-order chi connectivity index (χ0) is 13.2. The van der Waals surface area contributed by atoms with Crippen molar-refractivity contribution >= 4 is 21.9 Å². The summed E-state index contributed by atoms with van der Waals surface area (Å²) in [7, 11) is -4.14. The second-order valence-electron chi connectivity index (χ2n) is 3.54. The van der Waals surface area contributed by atoms with Crippen LogP contribution in [-0.2, 0) is 10.1 Å². The molecule has 0 unspecified atom stereocenters. The van der Waals surface area contributed by atoms with E-state index in [1.165, 1.54) is 23.9 Å². The van der Waals surface area contributed by atoms with E-state index in [0.29, 0.717) is 0 Å². The first-order valence-corrected chi connectivity index (χ1v) is 7.25. The summed E-state index contributed by atoms with van der Waals surface area (Å²) in [5, 5.41) is 9.14. The van der Waals surface area contributed by atoms with Gasteiger partial charge >= 0.3 is 0 Å². The molecule has 0 radical (unpaired) electrons. The Balaban J connectivity index is 2.18. The van der Waals surface area contributed by atoms with Gasteiger partial charge in [0.2, 0.25) is 0 Å². The van der Waals surface area contributed by atoms with Crippen LogP contribution in [0.25, 0.3) is 0 Å². The minimum absolute atomic E-state index is 0.127. The van der Waals surface area contributed by atoms with E-state index in [0.717, 1.165) is 9.79 Å². The maximum atomic E-state index is 10.9. The predicted molar refractivity (Wildman–Crippen MR) is 68.5 cm³/mol. The third kappa shape index (κ3) is 3.25. The summed E-state index contributed by atoms with van der Waals surface area (Å²) in [5.74, 6) is 0.195. The zero-order valence-corrected chi connectivity index (χ0v) is 10.8. The lowest BCUT2D eigenvalue weighted by Crippen LogP contribution is -1.96. The maximum Gasteiger partial charge on any atom is 0.294 e. The van der Waals surface area contributed by atoms with E-state index in [-0.39, 0.29) is 10.6 Å². The fraction of sp³-hybridized carbons (Fsp3) is 0. The van der Waals surface area contributed by atoms with Crippen molar-refractivity contribution in [2.45, 2.75) is 14.7 Å². The van der Waals surface area contributed by atoms with Crippen LogP contribution >= 0.6 is 11.8 Å². The predicted octanol–water partition coefficient (Wildman–Crippen LogP) is 2.79. The fourth-order valence-electron chi connectivity index (χ4n) is 1.33. The molecule has 0 aliphatic carbocycles. The highest BCUT2D eigenvalue weighted by atomic mass is 32.2. The smallest absolute Gasteiger partial charge is 0.294 e. The third-order valence-corrected chi connectivity index (χ3v) is 4.08. The molecule has 2 aromatic carbocycles. The molecular formula is C12H10O4S2. The van der Waals surface area contributed by atoms with Crippen molar-refractivity contribution in [1.82, 2.24) is 0 Å². The Morgan fingerprint density at radius 3 is 1.72 bits per heavy atom. The normalized spacial score (nSPS) is 11.4. The highest BCUT2D eigenvalue weighted by molar-refractivity contribution is 7.99. The van der Waals surface area contributed by atoms with Gasteiger partial charge < -0.3 is 5.11 Å². The van der Waals surface area contributed by atoms with Crippen molar-refractivity contribution in [3.63, 3.8) is 0 Å². The molecule has 2 aromatic rings. The first kappa shape index (κ1) is 12.9. The molecular weight excluding hydrogens is 272 g/mol. The summed E-state index contributed by atoms with van der Waals surface area (Å²) in [6.45, 7) is 0. The summed E-state index contributed by atoms with van der Waals surface area (Å²) in [6, 6.07) is 12.6. The number of phenols is 1. The van der Waals surface area contributed by atoms with Crippen LogP contribution in [0.2, 0.25) is 0 Å². The average Bonchev–Trinajstić information content (AvgIpc) is 2.32. The van der Waals surface area contributed by atoms with Crippen LogP contribution in [0.5, 0.6) is 5.75 Å². The van der Waals surface area contributed by atoms with E-state index in [1.54, 1.807) is 36.4 Å². The van der Waals surface area contributed by atoms with Crippen molar-refractivity contribution in [2.24, 2.45) is 0 Å². The summed E-state index contributed by atoms with van der Waals surface area (Å²) in [6.07, 6.45) is 0. The minimum atomic E-state index is -4.14. The van der Waals surface area contributed by atoms with Crippen molar-refractivity contribution in [3.8, 4) is 5.75 Å². The van der Waals surface area contributed by atoms with Gasteiger partial charge in [0, 0.05) is 9.79 Å². The van der Waals surface area contributed by atoms with Crippen molar-refractivity contribution in [3.05, 3.63) is 48.5 Å². The van der Waals surface area contributed by atoms with Crippen LogP contribution in [0.15, 0.2) is 63.2 Å². The third-order valence-electron chi connectivity index (χ3n) is 2.19.